The maximum Gasteiger partial charge on any atom is 0.137 e. The number of nitrogens with one attached hydrogen (secondary N) is 1. The molecule has 4 heteroatoms. The van der Waals surface area contributed by atoms with E-state index in [1.807, 2.05) is 59.9 Å². The highest BCUT2D eigenvalue weighted by molar-refractivity contribution is 7.78. The fraction of sp³-hybridized carbons (Fsp3) is 0.467. The van der Waals surface area contributed by atoms with Crippen molar-refractivity contribution in [2.24, 2.45) is 4.99 Å². The second-order valence-electron chi connectivity index (χ2n) is 2.62. The van der Waals surface area contributed by atoms with Crippen LogP contribution in [-0.4, -0.2) is 15.1 Å². The highest BCUT2D eigenvalue weighted by atomic mass is 32.1. The zero-order chi connectivity index (χ0) is 15.1. The van der Waals surface area contributed by atoms with Crippen molar-refractivity contribution in [3.63, 3.8) is 0 Å². The van der Waals surface area contributed by atoms with Gasteiger partial charge >= 0.3 is 0 Å². The van der Waals surface area contributed by atoms with E-state index in [0.29, 0.717) is 6.54 Å². The SMILES string of the molecule is CC.CC.CC.S=C=NCc1ccnc2[nH]ccc12. The van der Waals surface area contributed by atoms with Crippen LogP contribution in [0.4, 0.5) is 0 Å². The molecule has 0 fully saturated rings. The topological polar surface area (TPSA) is 41.0 Å². The number of H-pyrrole nitrogens is 1. The average Bonchev–Trinajstić information content (AvgIpc) is 3.00. The summed E-state index contributed by atoms with van der Waals surface area (Å²) in [5.74, 6) is 0. The third-order valence-corrected chi connectivity index (χ3v) is 1.99. The van der Waals surface area contributed by atoms with Gasteiger partial charge in [0, 0.05) is 17.8 Å². The monoisotopic (exact) mass is 279 g/mol. The van der Waals surface area contributed by atoms with Crippen LogP contribution in [0.5, 0.6) is 0 Å². The number of thiocarbonyl (C=S) groups is 1. The van der Waals surface area contributed by atoms with Gasteiger partial charge in [-0.3, -0.25) is 0 Å². The predicted octanol–water partition coefficient (Wildman–Crippen LogP) is 5.24. The lowest BCUT2D eigenvalue weighted by Crippen LogP contribution is -1.84. The van der Waals surface area contributed by atoms with Crippen LogP contribution in [0.1, 0.15) is 47.1 Å². The fourth-order valence-electron chi connectivity index (χ4n) is 1.27. The Morgan fingerprint density at radius 3 is 2.37 bits per heavy atom. The van der Waals surface area contributed by atoms with Gasteiger partial charge in [-0.15, -0.1) is 0 Å². The Balaban J connectivity index is 0. The van der Waals surface area contributed by atoms with Gasteiger partial charge in [0.05, 0.1) is 11.7 Å². The lowest BCUT2D eigenvalue weighted by molar-refractivity contribution is 1.09. The van der Waals surface area contributed by atoms with E-state index in [2.05, 4.69) is 32.3 Å². The van der Waals surface area contributed by atoms with E-state index < -0.39 is 0 Å². The molecule has 0 saturated carbocycles. The number of hydrogen-bond donors (Lipinski definition) is 1. The summed E-state index contributed by atoms with van der Waals surface area (Å²) in [6.07, 6.45) is 3.62. The van der Waals surface area contributed by atoms with Crippen molar-refractivity contribution in [1.29, 1.82) is 0 Å². The van der Waals surface area contributed by atoms with Gasteiger partial charge in [-0.25, -0.2) is 9.98 Å². The van der Waals surface area contributed by atoms with Crippen molar-refractivity contribution in [3.05, 3.63) is 30.1 Å². The van der Waals surface area contributed by atoms with Crippen molar-refractivity contribution >= 4 is 28.4 Å². The number of aliphatic imine (C=N–C) groups is 1. The van der Waals surface area contributed by atoms with E-state index in [9.17, 15) is 0 Å². The van der Waals surface area contributed by atoms with Crippen LogP contribution in [0.25, 0.3) is 11.0 Å². The Labute approximate surface area is 122 Å². The van der Waals surface area contributed by atoms with Crippen LogP contribution in [0.2, 0.25) is 0 Å². The first kappa shape index (κ1) is 19.8. The first-order valence-electron chi connectivity index (χ1n) is 6.86. The molecular weight excluding hydrogens is 254 g/mol. The number of hydrogen-bond acceptors (Lipinski definition) is 3. The zero-order valence-electron chi connectivity index (χ0n) is 12.8. The van der Waals surface area contributed by atoms with E-state index in [0.717, 1.165) is 16.6 Å². The molecule has 19 heavy (non-hydrogen) atoms. The Hall–Kier alpha value is -1.51. The van der Waals surface area contributed by atoms with Gasteiger partial charge < -0.3 is 4.98 Å². The molecule has 2 heterocycles. The maximum atomic E-state index is 4.51. The van der Waals surface area contributed by atoms with E-state index in [-0.39, 0.29) is 0 Å². The van der Waals surface area contributed by atoms with Crippen LogP contribution in [-0.2, 0) is 6.54 Å². The van der Waals surface area contributed by atoms with E-state index in [1.165, 1.54) is 0 Å². The smallest absolute Gasteiger partial charge is 0.137 e. The molecule has 1 N–H and O–H groups in total. The largest absolute Gasteiger partial charge is 0.346 e. The number of isothiocyanates is 1. The van der Waals surface area contributed by atoms with Gasteiger partial charge in [-0.1, -0.05) is 41.5 Å². The van der Waals surface area contributed by atoms with Crippen molar-refractivity contribution in [1.82, 2.24) is 9.97 Å². The van der Waals surface area contributed by atoms with E-state index >= 15 is 0 Å². The number of aromatic nitrogens is 2. The minimum Gasteiger partial charge on any atom is -0.346 e. The molecule has 0 aromatic carbocycles. The first-order chi connectivity index (χ1) is 9.42. The summed E-state index contributed by atoms with van der Waals surface area (Å²) < 4.78 is 0. The Morgan fingerprint density at radius 1 is 1.16 bits per heavy atom. The molecule has 0 saturated heterocycles. The van der Waals surface area contributed by atoms with E-state index in [4.69, 9.17) is 0 Å². The molecule has 2 aromatic heterocycles. The fourth-order valence-corrected chi connectivity index (χ4v) is 1.34. The van der Waals surface area contributed by atoms with Crippen LogP contribution >= 0.6 is 12.2 Å². The van der Waals surface area contributed by atoms with Gasteiger partial charge in [0.25, 0.3) is 0 Å². The second-order valence-corrected chi connectivity index (χ2v) is 2.80. The third-order valence-electron chi connectivity index (χ3n) is 1.86. The highest BCUT2D eigenvalue weighted by Gasteiger charge is 2.00. The number of aromatic amines is 1. The van der Waals surface area contributed by atoms with Crippen molar-refractivity contribution < 1.29 is 0 Å². The van der Waals surface area contributed by atoms with Crippen LogP contribution < -0.4 is 0 Å². The van der Waals surface area contributed by atoms with Crippen LogP contribution in [0.3, 0.4) is 0 Å². The highest BCUT2D eigenvalue weighted by Crippen LogP contribution is 2.15. The van der Waals surface area contributed by atoms with Gasteiger partial charge in [0.1, 0.15) is 5.65 Å². The van der Waals surface area contributed by atoms with Crippen molar-refractivity contribution in [2.75, 3.05) is 0 Å². The normalized spacial score (nSPS) is 7.68. The second kappa shape index (κ2) is 14.6. The molecule has 0 aliphatic carbocycles. The summed E-state index contributed by atoms with van der Waals surface area (Å²) in [4.78, 5) is 11.1. The number of fused-ring (bicyclic) bond motifs is 1. The molecule has 2 aromatic rings. The Morgan fingerprint density at radius 2 is 1.79 bits per heavy atom. The molecular formula is C15H25N3S. The molecule has 0 radical (unpaired) electrons. The molecule has 2 rings (SSSR count). The predicted molar refractivity (Wildman–Crippen MR) is 88.9 cm³/mol. The number of pyridine rings is 1. The zero-order valence-corrected chi connectivity index (χ0v) is 13.6. The Kier molecular flexibility index (Phi) is 15.2. The molecule has 0 bridgehead atoms. The first-order valence-corrected chi connectivity index (χ1v) is 7.27. The van der Waals surface area contributed by atoms with Gasteiger partial charge in [-0.05, 0) is 29.9 Å². The lowest BCUT2D eigenvalue weighted by Gasteiger charge is -1.96. The number of rotatable bonds is 2. The molecule has 0 amide bonds. The molecule has 0 unspecified atom stereocenters. The average molecular weight is 279 g/mol. The third kappa shape index (κ3) is 6.85. The summed E-state index contributed by atoms with van der Waals surface area (Å²) >= 11 is 4.51. The number of nitrogens with zero attached hydrogens (tertiary/aromatic N) is 2. The van der Waals surface area contributed by atoms with Gasteiger partial charge in [-0.2, -0.15) is 0 Å². The summed E-state index contributed by atoms with van der Waals surface area (Å²) in [6, 6.07) is 3.92. The molecule has 0 atom stereocenters. The molecule has 0 aliphatic rings. The Bertz CT molecular complexity index is 471. The van der Waals surface area contributed by atoms with E-state index in [1.54, 1.807) is 6.20 Å². The standard InChI is InChI=1S/C9H7N3S.3C2H6/c13-6-10-5-7-1-3-11-9-8(7)2-4-12-9;3*1-2/h1-4H,5H2,(H,11,12);3*1-2H3. The van der Waals surface area contributed by atoms with Gasteiger partial charge in [0.2, 0.25) is 0 Å². The van der Waals surface area contributed by atoms with Crippen molar-refractivity contribution in [2.45, 2.75) is 48.1 Å². The van der Waals surface area contributed by atoms with Gasteiger partial charge in [0.15, 0.2) is 0 Å². The lowest BCUT2D eigenvalue weighted by atomic mass is 10.2. The van der Waals surface area contributed by atoms with Crippen LogP contribution in [0.15, 0.2) is 29.5 Å². The summed E-state index contributed by atoms with van der Waals surface area (Å²) in [7, 11) is 0. The molecule has 106 valence electrons. The summed E-state index contributed by atoms with van der Waals surface area (Å²) in [5, 5.41) is 3.44. The molecule has 0 aliphatic heterocycles. The molecule has 0 spiro atoms. The minimum atomic E-state index is 0.570. The minimum absolute atomic E-state index is 0.570. The maximum absolute atomic E-state index is 4.51. The van der Waals surface area contributed by atoms with Crippen molar-refractivity contribution in [3.8, 4) is 0 Å². The van der Waals surface area contributed by atoms with Crippen LogP contribution in [0, 0.1) is 0 Å². The summed E-state index contributed by atoms with van der Waals surface area (Å²) in [5.41, 5.74) is 2.00. The quantitative estimate of drug-likeness (QED) is 0.603. The summed E-state index contributed by atoms with van der Waals surface area (Å²) in [6.45, 7) is 12.6. The molecule has 3 nitrogen and oxygen atoms in total.